The summed E-state index contributed by atoms with van der Waals surface area (Å²) < 4.78 is 35.2. The number of fused-ring (bicyclic) bond motifs is 1. The van der Waals surface area contributed by atoms with Crippen LogP contribution in [0, 0.1) is 23.5 Å². The van der Waals surface area contributed by atoms with E-state index in [4.69, 9.17) is 9.84 Å². The monoisotopic (exact) mass is 446 g/mol. The van der Waals surface area contributed by atoms with Crippen molar-refractivity contribution in [3.8, 4) is 28.8 Å². The van der Waals surface area contributed by atoms with Crippen LogP contribution in [0.4, 0.5) is 8.78 Å². The molecule has 7 heteroatoms. The number of hydrogen-bond donors (Lipinski definition) is 1. The fourth-order valence-corrected chi connectivity index (χ4v) is 3.50. The average molecular weight is 446 g/mol. The molecule has 2 heterocycles. The van der Waals surface area contributed by atoms with Gasteiger partial charge in [-0.3, -0.25) is 4.79 Å². The Bertz CT molecular complexity index is 1370. The van der Waals surface area contributed by atoms with E-state index in [1.54, 1.807) is 35.9 Å². The summed E-state index contributed by atoms with van der Waals surface area (Å²) in [5, 5.41) is 9.07. The third kappa shape index (κ3) is 5.18. The Morgan fingerprint density at radius 2 is 1.94 bits per heavy atom. The second-order valence-corrected chi connectivity index (χ2v) is 7.45. The first-order valence-electron chi connectivity index (χ1n) is 10.2. The van der Waals surface area contributed by atoms with E-state index in [2.05, 4.69) is 16.8 Å². The Morgan fingerprint density at radius 1 is 1.15 bits per heavy atom. The number of carboxylic acids is 1. The number of halogens is 2. The molecule has 4 rings (SSSR count). The minimum Gasteiger partial charge on any atom is -0.489 e. The highest BCUT2D eigenvalue weighted by Crippen LogP contribution is 2.25. The van der Waals surface area contributed by atoms with Gasteiger partial charge >= 0.3 is 5.97 Å². The molecule has 33 heavy (non-hydrogen) atoms. The molecule has 0 aliphatic carbocycles. The van der Waals surface area contributed by atoms with Gasteiger partial charge in [0.2, 0.25) is 0 Å². The van der Waals surface area contributed by atoms with E-state index in [1.807, 2.05) is 24.3 Å². The average Bonchev–Trinajstić information content (AvgIpc) is 3.22. The number of ether oxygens (including phenoxy) is 1. The van der Waals surface area contributed by atoms with E-state index < -0.39 is 17.6 Å². The molecule has 0 spiro atoms. The number of hydrogen-bond acceptors (Lipinski definition) is 3. The standard InChI is InChI=1S/C26H20F2N2O3/c1-2-3-19(13-26(31)32)18-4-7-21(8-5-18)33-16-17-10-11-30-15-24(29-25(30)12-17)22-14-20(27)6-9-23(22)28/h4-12,14-15,19H,13,16H2,1H3,(H,31,32). The van der Waals surface area contributed by atoms with Crippen LogP contribution < -0.4 is 4.74 Å². The Hall–Kier alpha value is -4.18. The molecular formula is C26H20F2N2O3. The lowest BCUT2D eigenvalue weighted by atomic mass is 9.96. The minimum absolute atomic E-state index is 0.0626. The van der Waals surface area contributed by atoms with Gasteiger partial charge in [0.15, 0.2) is 0 Å². The summed E-state index contributed by atoms with van der Waals surface area (Å²) in [7, 11) is 0. The van der Waals surface area contributed by atoms with E-state index in [1.165, 1.54) is 0 Å². The van der Waals surface area contributed by atoms with Crippen LogP contribution in [0.25, 0.3) is 16.9 Å². The van der Waals surface area contributed by atoms with Crippen LogP contribution in [0.3, 0.4) is 0 Å². The molecule has 0 bridgehead atoms. The molecule has 5 nitrogen and oxygen atoms in total. The van der Waals surface area contributed by atoms with Gasteiger partial charge in [0.1, 0.15) is 29.6 Å². The molecule has 1 atom stereocenters. The zero-order valence-electron chi connectivity index (χ0n) is 17.8. The van der Waals surface area contributed by atoms with Crippen LogP contribution in [-0.2, 0) is 11.4 Å². The van der Waals surface area contributed by atoms with Crippen LogP contribution >= 0.6 is 0 Å². The van der Waals surface area contributed by atoms with Crippen molar-refractivity contribution < 1.29 is 23.4 Å². The van der Waals surface area contributed by atoms with Crippen molar-refractivity contribution in [3.05, 3.63) is 89.8 Å². The van der Waals surface area contributed by atoms with Gasteiger partial charge in [-0.25, -0.2) is 13.8 Å². The summed E-state index contributed by atoms with van der Waals surface area (Å²) in [5.41, 5.74) is 2.69. The zero-order chi connectivity index (χ0) is 23.4. The molecular weight excluding hydrogens is 426 g/mol. The van der Waals surface area contributed by atoms with Gasteiger partial charge in [-0.2, -0.15) is 0 Å². The van der Waals surface area contributed by atoms with Gasteiger partial charge in [0.25, 0.3) is 0 Å². The summed E-state index contributed by atoms with van der Waals surface area (Å²) in [5.74, 6) is 3.98. The van der Waals surface area contributed by atoms with Gasteiger partial charge in [-0.05, 0) is 60.5 Å². The van der Waals surface area contributed by atoms with Crippen LogP contribution in [0.2, 0.25) is 0 Å². The van der Waals surface area contributed by atoms with Crippen molar-refractivity contribution >= 4 is 11.6 Å². The molecule has 0 amide bonds. The third-order valence-corrected chi connectivity index (χ3v) is 5.11. The van der Waals surface area contributed by atoms with Crippen molar-refractivity contribution in [3.63, 3.8) is 0 Å². The largest absolute Gasteiger partial charge is 0.489 e. The fourth-order valence-electron chi connectivity index (χ4n) is 3.50. The lowest BCUT2D eigenvalue weighted by Gasteiger charge is -2.11. The van der Waals surface area contributed by atoms with Gasteiger partial charge in [-0.15, -0.1) is 5.92 Å². The van der Waals surface area contributed by atoms with E-state index in [0.717, 1.165) is 29.3 Å². The molecule has 0 saturated heterocycles. The second kappa shape index (κ2) is 9.53. The van der Waals surface area contributed by atoms with Gasteiger partial charge < -0.3 is 14.2 Å². The maximum atomic E-state index is 14.1. The van der Waals surface area contributed by atoms with Crippen LogP contribution in [0.5, 0.6) is 5.75 Å². The fraction of sp³-hybridized carbons (Fsp3) is 0.154. The number of rotatable bonds is 7. The zero-order valence-corrected chi connectivity index (χ0v) is 17.8. The maximum absolute atomic E-state index is 14.1. The molecule has 0 fully saturated rings. The highest BCUT2D eigenvalue weighted by molar-refractivity contribution is 5.69. The number of benzene rings is 2. The molecule has 2 aromatic carbocycles. The summed E-state index contributed by atoms with van der Waals surface area (Å²) >= 11 is 0. The Balaban J connectivity index is 1.47. The van der Waals surface area contributed by atoms with Gasteiger partial charge in [-0.1, -0.05) is 18.1 Å². The predicted molar refractivity (Wildman–Crippen MR) is 120 cm³/mol. The Morgan fingerprint density at radius 3 is 2.67 bits per heavy atom. The van der Waals surface area contributed by atoms with E-state index >= 15 is 0 Å². The molecule has 2 aromatic heterocycles. The smallest absolute Gasteiger partial charge is 0.304 e. The third-order valence-electron chi connectivity index (χ3n) is 5.11. The molecule has 0 aliphatic heterocycles. The van der Waals surface area contributed by atoms with Crippen molar-refractivity contribution in [1.82, 2.24) is 9.38 Å². The number of imidazole rings is 1. The Kier molecular flexibility index (Phi) is 6.36. The molecule has 0 saturated carbocycles. The number of carboxylic acid groups (broad SMARTS) is 1. The number of aliphatic carboxylic acids is 1. The second-order valence-electron chi connectivity index (χ2n) is 7.45. The number of pyridine rings is 1. The molecule has 1 N–H and O–H groups in total. The highest BCUT2D eigenvalue weighted by Gasteiger charge is 2.14. The number of aromatic nitrogens is 2. The van der Waals surface area contributed by atoms with Crippen molar-refractivity contribution in [2.24, 2.45) is 0 Å². The van der Waals surface area contributed by atoms with E-state index in [0.29, 0.717) is 17.1 Å². The molecule has 0 radical (unpaired) electrons. The minimum atomic E-state index is -0.902. The lowest BCUT2D eigenvalue weighted by molar-refractivity contribution is -0.137. The topological polar surface area (TPSA) is 63.8 Å². The number of nitrogens with zero attached hydrogens (tertiary/aromatic N) is 2. The molecule has 166 valence electrons. The SMILES string of the molecule is CC#CC(CC(=O)O)c1ccc(OCc2ccn3cc(-c4cc(F)ccc4F)nc3c2)cc1. The normalized spacial score (nSPS) is 11.6. The highest BCUT2D eigenvalue weighted by atomic mass is 19.1. The van der Waals surface area contributed by atoms with Crippen molar-refractivity contribution in [2.45, 2.75) is 25.9 Å². The quantitative estimate of drug-likeness (QED) is 0.384. The summed E-state index contributed by atoms with van der Waals surface area (Å²) in [4.78, 5) is 15.5. The van der Waals surface area contributed by atoms with Crippen LogP contribution in [0.1, 0.15) is 30.4 Å². The first-order valence-corrected chi connectivity index (χ1v) is 10.2. The van der Waals surface area contributed by atoms with E-state index in [9.17, 15) is 13.6 Å². The summed E-state index contributed by atoms with van der Waals surface area (Å²) in [6.45, 7) is 1.96. The Labute approximate surface area is 189 Å². The molecule has 0 aliphatic rings. The van der Waals surface area contributed by atoms with E-state index in [-0.39, 0.29) is 24.5 Å². The van der Waals surface area contributed by atoms with Gasteiger partial charge in [0.05, 0.1) is 18.0 Å². The van der Waals surface area contributed by atoms with Crippen LogP contribution in [-0.4, -0.2) is 20.5 Å². The predicted octanol–water partition coefficient (Wildman–Crippen LogP) is 5.44. The maximum Gasteiger partial charge on any atom is 0.304 e. The van der Waals surface area contributed by atoms with Crippen molar-refractivity contribution in [1.29, 1.82) is 0 Å². The lowest BCUT2D eigenvalue weighted by Crippen LogP contribution is -2.04. The first kappa shape index (κ1) is 22.0. The van der Waals surface area contributed by atoms with Gasteiger partial charge in [0, 0.05) is 18.0 Å². The first-order chi connectivity index (χ1) is 15.9. The molecule has 1 unspecified atom stereocenters. The summed E-state index contributed by atoms with van der Waals surface area (Å²) in [6, 6.07) is 14.1. The molecule has 4 aromatic rings. The van der Waals surface area contributed by atoms with Crippen LogP contribution in [0.15, 0.2) is 67.0 Å². The summed E-state index contributed by atoms with van der Waals surface area (Å²) in [6.07, 6.45) is 3.36. The number of carbonyl (C=O) groups is 1. The van der Waals surface area contributed by atoms with Crippen molar-refractivity contribution in [2.75, 3.05) is 0 Å².